The van der Waals surface area contributed by atoms with Crippen LogP contribution < -0.4 is 0 Å². The number of benzene rings is 2. The van der Waals surface area contributed by atoms with E-state index in [9.17, 15) is 14.7 Å². The quantitative estimate of drug-likeness (QED) is 0.372. The van der Waals surface area contributed by atoms with Gasteiger partial charge in [0.15, 0.2) is 0 Å². The Labute approximate surface area is 190 Å². The standard InChI is InChI=1S/C27H33NO4/c1-20-9-5-6-12-24(20)21-10-8-11-22(19-21)25(29)16-14-23-15-17-26(30)28(23)18-7-3-2-4-13-27(31)32/h5-6,8-12,14,16,19,23,25,29H,2-4,7,13,15,17-18H2,1H3,(H,31,32)/b16-14+. The number of carboxylic acid groups (broad SMARTS) is 1. The predicted molar refractivity (Wildman–Crippen MR) is 126 cm³/mol. The van der Waals surface area contributed by atoms with Gasteiger partial charge in [-0.2, -0.15) is 0 Å². The van der Waals surface area contributed by atoms with Crippen molar-refractivity contribution in [1.82, 2.24) is 4.90 Å². The van der Waals surface area contributed by atoms with E-state index in [1.165, 1.54) is 5.56 Å². The number of likely N-dealkylation sites (tertiary alicyclic amines) is 1. The van der Waals surface area contributed by atoms with E-state index in [1.807, 2.05) is 41.3 Å². The van der Waals surface area contributed by atoms with Gasteiger partial charge >= 0.3 is 5.97 Å². The van der Waals surface area contributed by atoms with Crippen molar-refractivity contribution in [3.63, 3.8) is 0 Å². The normalized spacial score (nSPS) is 17.2. The Kier molecular flexibility index (Phi) is 8.63. The van der Waals surface area contributed by atoms with E-state index in [-0.39, 0.29) is 18.4 Å². The van der Waals surface area contributed by atoms with E-state index in [0.29, 0.717) is 19.4 Å². The van der Waals surface area contributed by atoms with Crippen molar-refractivity contribution in [1.29, 1.82) is 0 Å². The average molecular weight is 436 g/mol. The highest BCUT2D eigenvalue weighted by molar-refractivity contribution is 5.79. The molecule has 2 N–H and O–H groups in total. The molecule has 1 fully saturated rings. The highest BCUT2D eigenvalue weighted by Crippen LogP contribution is 2.27. The van der Waals surface area contributed by atoms with Crippen LogP contribution in [-0.2, 0) is 9.59 Å². The van der Waals surface area contributed by atoms with E-state index in [4.69, 9.17) is 5.11 Å². The van der Waals surface area contributed by atoms with Crippen LogP contribution in [0.3, 0.4) is 0 Å². The number of aryl methyl sites for hydroxylation is 1. The van der Waals surface area contributed by atoms with Gasteiger partial charge in [-0.15, -0.1) is 0 Å². The van der Waals surface area contributed by atoms with Crippen LogP contribution in [0.5, 0.6) is 0 Å². The van der Waals surface area contributed by atoms with Gasteiger partial charge < -0.3 is 15.1 Å². The molecule has 0 aliphatic carbocycles. The number of rotatable bonds is 11. The summed E-state index contributed by atoms with van der Waals surface area (Å²) in [5.41, 5.74) is 4.25. The van der Waals surface area contributed by atoms with Crippen LogP contribution in [0.4, 0.5) is 0 Å². The number of amides is 1. The fourth-order valence-electron chi connectivity index (χ4n) is 4.29. The maximum absolute atomic E-state index is 12.3. The number of unbranched alkanes of at least 4 members (excludes halogenated alkanes) is 3. The molecular weight excluding hydrogens is 402 g/mol. The fourth-order valence-corrected chi connectivity index (χ4v) is 4.29. The Morgan fingerprint density at radius 3 is 2.69 bits per heavy atom. The molecule has 0 aromatic heterocycles. The van der Waals surface area contributed by atoms with Gasteiger partial charge in [0.2, 0.25) is 5.91 Å². The first-order valence-corrected chi connectivity index (χ1v) is 11.5. The van der Waals surface area contributed by atoms with Gasteiger partial charge in [0.25, 0.3) is 0 Å². The van der Waals surface area contributed by atoms with E-state index >= 15 is 0 Å². The molecule has 1 aliphatic heterocycles. The SMILES string of the molecule is Cc1ccccc1-c1cccc(C(O)/C=C/C2CCC(=O)N2CCCCCCC(=O)O)c1. The maximum Gasteiger partial charge on any atom is 0.303 e. The van der Waals surface area contributed by atoms with Crippen molar-refractivity contribution >= 4 is 11.9 Å². The van der Waals surface area contributed by atoms with Crippen molar-refractivity contribution in [3.05, 3.63) is 71.8 Å². The zero-order valence-electron chi connectivity index (χ0n) is 18.7. The fraction of sp³-hybridized carbons (Fsp3) is 0.407. The van der Waals surface area contributed by atoms with Gasteiger partial charge in [-0.05, 0) is 54.5 Å². The van der Waals surface area contributed by atoms with Gasteiger partial charge in [0, 0.05) is 19.4 Å². The molecule has 1 heterocycles. The number of hydrogen-bond acceptors (Lipinski definition) is 3. The zero-order valence-corrected chi connectivity index (χ0v) is 18.7. The van der Waals surface area contributed by atoms with Gasteiger partial charge in [-0.25, -0.2) is 0 Å². The summed E-state index contributed by atoms with van der Waals surface area (Å²) in [6.45, 7) is 2.76. The van der Waals surface area contributed by atoms with Crippen LogP contribution in [0.2, 0.25) is 0 Å². The number of aliphatic carboxylic acids is 1. The monoisotopic (exact) mass is 435 g/mol. The van der Waals surface area contributed by atoms with E-state index < -0.39 is 12.1 Å². The number of carbonyl (C=O) groups excluding carboxylic acids is 1. The molecule has 5 heteroatoms. The molecule has 2 aromatic carbocycles. The van der Waals surface area contributed by atoms with Crippen molar-refractivity contribution in [2.24, 2.45) is 0 Å². The molecule has 2 aromatic rings. The summed E-state index contributed by atoms with van der Waals surface area (Å²) in [4.78, 5) is 24.8. The first kappa shape index (κ1) is 23.7. The summed E-state index contributed by atoms with van der Waals surface area (Å²) in [5, 5.41) is 19.5. The first-order valence-electron chi connectivity index (χ1n) is 11.5. The predicted octanol–water partition coefficient (Wildman–Crippen LogP) is 5.28. The van der Waals surface area contributed by atoms with Crippen LogP contribution in [0.15, 0.2) is 60.7 Å². The lowest BCUT2D eigenvalue weighted by Crippen LogP contribution is -2.32. The van der Waals surface area contributed by atoms with Gasteiger partial charge in [-0.1, -0.05) is 67.5 Å². The molecule has 3 rings (SSSR count). The molecule has 2 atom stereocenters. The van der Waals surface area contributed by atoms with Crippen LogP contribution in [0, 0.1) is 6.92 Å². The molecule has 170 valence electrons. The van der Waals surface area contributed by atoms with E-state index in [0.717, 1.165) is 42.4 Å². The number of aliphatic hydroxyl groups is 1. The number of carboxylic acids is 1. The van der Waals surface area contributed by atoms with Crippen molar-refractivity contribution < 1.29 is 19.8 Å². The van der Waals surface area contributed by atoms with Crippen LogP contribution >= 0.6 is 0 Å². The van der Waals surface area contributed by atoms with Crippen molar-refractivity contribution in [2.75, 3.05) is 6.54 Å². The minimum atomic E-state index is -0.757. The van der Waals surface area contributed by atoms with Crippen molar-refractivity contribution in [3.8, 4) is 11.1 Å². The van der Waals surface area contributed by atoms with Crippen LogP contribution in [-0.4, -0.2) is 39.6 Å². The number of aliphatic hydroxyl groups excluding tert-OH is 1. The van der Waals surface area contributed by atoms with E-state index in [2.05, 4.69) is 25.1 Å². The molecule has 0 spiro atoms. The van der Waals surface area contributed by atoms with Gasteiger partial charge in [0.1, 0.15) is 0 Å². The lowest BCUT2D eigenvalue weighted by Gasteiger charge is -2.22. The lowest BCUT2D eigenvalue weighted by molar-refractivity contribution is -0.137. The number of carbonyl (C=O) groups is 2. The minimum absolute atomic E-state index is 0.00993. The molecule has 0 radical (unpaired) electrons. The molecule has 1 aliphatic rings. The molecule has 2 unspecified atom stereocenters. The van der Waals surface area contributed by atoms with Gasteiger partial charge in [-0.3, -0.25) is 9.59 Å². The molecule has 1 saturated heterocycles. The summed E-state index contributed by atoms with van der Waals surface area (Å²) in [5.74, 6) is -0.603. The Bertz CT molecular complexity index is 952. The Hall–Kier alpha value is -2.92. The second-order valence-corrected chi connectivity index (χ2v) is 8.52. The number of nitrogens with zero attached hydrogens (tertiary/aromatic N) is 1. The Morgan fingerprint density at radius 2 is 1.91 bits per heavy atom. The first-order chi connectivity index (χ1) is 15.5. The third-order valence-corrected chi connectivity index (χ3v) is 6.11. The summed E-state index contributed by atoms with van der Waals surface area (Å²) in [6.07, 6.45) is 7.87. The van der Waals surface area contributed by atoms with E-state index in [1.54, 1.807) is 6.08 Å². The lowest BCUT2D eigenvalue weighted by atomic mass is 9.97. The zero-order chi connectivity index (χ0) is 22.9. The summed E-state index contributed by atoms with van der Waals surface area (Å²) in [7, 11) is 0. The second kappa shape index (κ2) is 11.6. The second-order valence-electron chi connectivity index (χ2n) is 8.52. The third kappa shape index (κ3) is 6.54. The average Bonchev–Trinajstić information content (AvgIpc) is 3.14. The maximum atomic E-state index is 12.3. The van der Waals surface area contributed by atoms with Gasteiger partial charge in [0.05, 0.1) is 12.1 Å². The van der Waals surface area contributed by atoms with Crippen LogP contribution in [0.25, 0.3) is 11.1 Å². The Balaban J connectivity index is 1.57. The smallest absolute Gasteiger partial charge is 0.303 e. The minimum Gasteiger partial charge on any atom is -0.481 e. The number of hydrogen-bond donors (Lipinski definition) is 2. The highest BCUT2D eigenvalue weighted by atomic mass is 16.4. The third-order valence-electron chi connectivity index (χ3n) is 6.11. The summed E-state index contributed by atoms with van der Waals surface area (Å²) in [6, 6.07) is 16.2. The molecular formula is C27H33NO4. The molecule has 0 saturated carbocycles. The molecule has 5 nitrogen and oxygen atoms in total. The summed E-state index contributed by atoms with van der Waals surface area (Å²) >= 11 is 0. The van der Waals surface area contributed by atoms with Crippen LogP contribution in [0.1, 0.15) is 62.2 Å². The van der Waals surface area contributed by atoms with Crippen molar-refractivity contribution in [2.45, 2.75) is 64.0 Å². The molecule has 0 bridgehead atoms. The molecule has 1 amide bonds. The topological polar surface area (TPSA) is 77.8 Å². The molecule has 32 heavy (non-hydrogen) atoms. The Morgan fingerprint density at radius 1 is 1.12 bits per heavy atom. The highest BCUT2D eigenvalue weighted by Gasteiger charge is 2.28. The largest absolute Gasteiger partial charge is 0.481 e. The summed E-state index contributed by atoms with van der Waals surface area (Å²) < 4.78 is 0.